The fourth-order valence-corrected chi connectivity index (χ4v) is 4.36. The van der Waals surface area contributed by atoms with E-state index in [2.05, 4.69) is 34.1 Å². The predicted molar refractivity (Wildman–Crippen MR) is 79.5 cm³/mol. The SMILES string of the molecule is O=C1CCC2(CC1)C(Br)=Cc1cc3c(cc12)OCCO3. The molecule has 1 saturated carbocycles. The maximum absolute atomic E-state index is 11.6. The normalized spacial score (nSPS) is 22.6. The second-order valence-electron chi connectivity index (χ2n) is 5.70. The van der Waals surface area contributed by atoms with Gasteiger partial charge in [0.1, 0.15) is 19.0 Å². The first-order valence-corrected chi connectivity index (χ1v) is 7.82. The molecule has 0 atom stereocenters. The van der Waals surface area contributed by atoms with Crippen molar-refractivity contribution in [2.24, 2.45) is 0 Å². The molecule has 1 aliphatic heterocycles. The molecule has 0 radical (unpaired) electrons. The first-order valence-electron chi connectivity index (χ1n) is 7.02. The monoisotopic (exact) mass is 334 g/mol. The van der Waals surface area contributed by atoms with Gasteiger partial charge in [0, 0.05) is 22.7 Å². The summed E-state index contributed by atoms with van der Waals surface area (Å²) in [6.45, 7) is 1.21. The Morgan fingerprint density at radius 2 is 1.70 bits per heavy atom. The maximum atomic E-state index is 11.6. The molecule has 1 fully saturated rings. The van der Waals surface area contributed by atoms with Gasteiger partial charge in [0.15, 0.2) is 11.5 Å². The van der Waals surface area contributed by atoms with Gasteiger partial charge in [-0.3, -0.25) is 4.79 Å². The lowest BCUT2D eigenvalue weighted by Crippen LogP contribution is -2.31. The Morgan fingerprint density at radius 3 is 2.40 bits per heavy atom. The quantitative estimate of drug-likeness (QED) is 0.727. The van der Waals surface area contributed by atoms with Crippen LogP contribution in [-0.2, 0) is 10.2 Å². The summed E-state index contributed by atoms with van der Waals surface area (Å²) in [5.74, 6) is 2.04. The average molecular weight is 335 g/mol. The van der Waals surface area contributed by atoms with Gasteiger partial charge in [-0.2, -0.15) is 0 Å². The van der Waals surface area contributed by atoms with Gasteiger partial charge in [-0.05, 0) is 42.2 Å². The second kappa shape index (κ2) is 4.35. The lowest BCUT2D eigenvalue weighted by Gasteiger charge is -2.35. The first-order chi connectivity index (χ1) is 9.69. The Bertz CT molecular complexity index is 623. The number of carbonyl (C=O) groups excluding carboxylic acids is 1. The molecule has 1 spiro atoms. The number of Topliss-reactive ketones (excluding diaryl/α,β-unsaturated/α-hetero) is 1. The topological polar surface area (TPSA) is 35.5 Å². The summed E-state index contributed by atoms with van der Waals surface area (Å²) in [5, 5.41) is 0. The van der Waals surface area contributed by atoms with Crippen molar-refractivity contribution in [1.82, 2.24) is 0 Å². The van der Waals surface area contributed by atoms with Crippen molar-refractivity contribution < 1.29 is 14.3 Å². The maximum Gasteiger partial charge on any atom is 0.161 e. The summed E-state index contributed by atoms with van der Waals surface area (Å²) >= 11 is 3.73. The zero-order valence-corrected chi connectivity index (χ0v) is 12.7. The Morgan fingerprint density at radius 1 is 1.05 bits per heavy atom. The van der Waals surface area contributed by atoms with Crippen LogP contribution < -0.4 is 9.47 Å². The number of benzene rings is 1. The Kier molecular flexibility index (Phi) is 2.71. The van der Waals surface area contributed by atoms with Crippen molar-refractivity contribution in [3.8, 4) is 11.5 Å². The van der Waals surface area contributed by atoms with Crippen LogP contribution in [0, 0.1) is 0 Å². The molecule has 2 aliphatic carbocycles. The molecule has 0 saturated heterocycles. The van der Waals surface area contributed by atoms with E-state index in [1.54, 1.807) is 0 Å². The van der Waals surface area contributed by atoms with Gasteiger partial charge in [0.25, 0.3) is 0 Å². The summed E-state index contributed by atoms with van der Waals surface area (Å²) in [6, 6.07) is 4.18. The van der Waals surface area contributed by atoms with Gasteiger partial charge in [0.05, 0.1) is 0 Å². The molecule has 4 heteroatoms. The standard InChI is InChI=1S/C16H15BrO3/c17-15-8-10-7-13-14(20-6-5-19-13)9-12(10)16(15)3-1-11(18)2-4-16/h7-9H,1-6H2. The van der Waals surface area contributed by atoms with E-state index in [1.807, 2.05) is 0 Å². The molecule has 0 aromatic heterocycles. The molecular weight excluding hydrogens is 320 g/mol. The van der Waals surface area contributed by atoms with Crippen LogP contribution in [0.1, 0.15) is 36.8 Å². The minimum Gasteiger partial charge on any atom is -0.486 e. The van der Waals surface area contributed by atoms with Gasteiger partial charge >= 0.3 is 0 Å². The Labute approximate surface area is 126 Å². The van der Waals surface area contributed by atoms with Crippen molar-refractivity contribution >= 4 is 27.8 Å². The molecule has 1 heterocycles. The molecule has 0 unspecified atom stereocenters. The van der Waals surface area contributed by atoms with Crippen molar-refractivity contribution in [1.29, 1.82) is 0 Å². The van der Waals surface area contributed by atoms with E-state index < -0.39 is 0 Å². The van der Waals surface area contributed by atoms with Gasteiger partial charge in [-0.25, -0.2) is 0 Å². The first kappa shape index (κ1) is 12.5. The van der Waals surface area contributed by atoms with Crippen molar-refractivity contribution in [2.75, 3.05) is 13.2 Å². The molecule has 1 aromatic carbocycles. The van der Waals surface area contributed by atoms with Crippen molar-refractivity contribution in [3.05, 3.63) is 27.7 Å². The third-order valence-electron chi connectivity index (χ3n) is 4.63. The molecule has 0 bridgehead atoms. The van der Waals surface area contributed by atoms with E-state index in [9.17, 15) is 4.79 Å². The highest BCUT2D eigenvalue weighted by Gasteiger charge is 2.43. The van der Waals surface area contributed by atoms with Crippen LogP contribution in [0.2, 0.25) is 0 Å². The van der Waals surface area contributed by atoms with E-state index in [0.29, 0.717) is 31.8 Å². The van der Waals surface area contributed by atoms with Crippen LogP contribution in [-0.4, -0.2) is 19.0 Å². The number of allylic oxidation sites excluding steroid dienone is 1. The third-order valence-corrected chi connectivity index (χ3v) is 5.62. The summed E-state index contributed by atoms with van der Waals surface area (Å²) in [6.07, 6.45) is 5.27. The number of rotatable bonds is 0. The zero-order chi connectivity index (χ0) is 13.7. The van der Waals surface area contributed by atoms with E-state index in [0.717, 1.165) is 24.3 Å². The summed E-state index contributed by atoms with van der Waals surface area (Å²) in [7, 11) is 0. The van der Waals surface area contributed by atoms with Gasteiger partial charge in [-0.15, -0.1) is 0 Å². The highest BCUT2D eigenvalue weighted by Crippen LogP contribution is 2.54. The fourth-order valence-electron chi connectivity index (χ4n) is 3.51. The van der Waals surface area contributed by atoms with E-state index in [1.165, 1.54) is 15.6 Å². The molecule has 3 nitrogen and oxygen atoms in total. The van der Waals surface area contributed by atoms with Crippen LogP contribution >= 0.6 is 15.9 Å². The lowest BCUT2D eigenvalue weighted by atomic mass is 9.70. The molecule has 0 N–H and O–H groups in total. The second-order valence-corrected chi connectivity index (χ2v) is 6.55. The third kappa shape index (κ3) is 1.67. The number of ketones is 1. The van der Waals surface area contributed by atoms with Crippen LogP contribution in [0.25, 0.3) is 6.08 Å². The highest BCUT2D eigenvalue weighted by molar-refractivity contribution is 9.11. The van der Waals surface area contributed by atoms with Crippen molar-refractivity contribution in [2.45, 2.75) is 31.1 Å². The summed E-state index contributed by atoms with van der Waals surface area (Å²) in [5.41, 5.74) is 2.44. The number of hydrogen-bond acceptors (Lipinski definition) is 3. The number of fused-ring (bicyclic) bond motifs is 3. The number of carbonyl (C=O) groups is 1. The minimum absolute atomic E-state index is 0.0287. The fraction of sp³-hybridized carbons (Fsp3) is 0.438. The van der Waals surface area contributed by atoms with Crippen LogP contribution in [0.3, 0.4) is 0 Å². The molecule has 3 aliphatic rings. The van der Waals surface area contributed by atoms with E-state index in [4.69, 9.17) is 9.47 Å². The lowest BCUT2D eigenvalue weighted by molar-refractivity contribution is -0.121. The molecule has 1 aromatic rings. The minimum atomic E-state index is -0.0287. The molecular formula is C16H15BrO3. The summed E-state index contributed by atoms with van der Waals surface area (Å²) < 4.78 is 12.6. The smallest absolute Gasteiger partial charge is 0.161 e. The number of halogens is 1. The van der Waals surface area contributed by atoms with E-state index >= 15 is 0 Å². The van der Waals surface area contributed by atoms with Crippen LogP contribution in [0.4, 0.5) is 0 Å². The number of ether oxygens (including phenoxy) is 2. The van der Waals surface area contributed by atoms with Crippen LogP contribution in [0.5, 0.6) is 11.5 Å². The highest BCUT2D eigenvalue weighted by atomic mass is 79.9. The van der Waals surface area contributed by atoms with Gasteiger partial charge < -0.3 is 9.47 Å². The predicted octanol–water partition coefficient (Wildman–Crippen LogP) is 3.59. The van der Waals surface area contributed by atoms with Gasteiger partial charge in [0.2, 0.25) is 0 Å². The Hall–Kier alpha value is -1.29. The zero-order valence-electron chi connectivity index (χ0n) is 11.1. The molecule has 104 valence electrons. The van der Waals surface area contributed by atoms with Crippen LogP contribution in [0.15, 0.2) is 16.6 Å². The summed E-state index contributed by atoms with van der Waals surface area (Å²) in [4.78, 5) is 11.6. The number of hydrogen-bond donors (Lipinski definition) is 0. The largest absolute Gasteiger partial charge is 0.486 e. The average Bonchev–Trinajstić information content (AvgIpc) is 2.72. The van der Waals surface area contributed by atoms with Gasteiger partial charge in [-0.1, -0.05) is 15.9 Å². The van der Waals surface area contributed by atoms with E-state index in [-0.39, 0.29) is 5.41 Å². The Balaban J connectivity index is 1.82. The van der Waals surface area contributed by atoms with Crippen molar-refractivity contribution in [3.63, 3.8) is 0 Å². The molecule has 0 amide bonds. The molecule has 20 heavy (non-hydrogen) atoms. The molecule has 4 rings (SSSR count).